The van der Waals surface area contributed by atoms with Crippen LogP contribution < -0.4 is 5.32 Å². The predicted octanol–water partition coefficient (Wildman–Crippen LogP) is 4.34. The summed E-state index contributed by atoms with van der Waals surface area (Å²) < 4.78 is 1.97. The van der Waals surface area contributed by atoms with Gasteiger partial charge in [-0.05, 0) is 17.2 Å². The van der Waals surface area contributed by atoms with Gasteiger partial charge in [0.2, 0.25) is 0 Å². The first-order valence-electron chi connectivity index (χ1n) is 9.16. The fourth-order valence-electron chi connectivity index (χ4n) is 3.53. The SMILES string of the molecule is Cn1c(-c2ccccc2)c(C(=O)C(=O)NCc2ccccc2)c2ccccc21. The molecule has 0 aliphatic rings. The molecule has 0 spiro atoms. The van der Waals surface area contributed by atoms with Gasteiger partial charge in [-0.25, -0.2) is 0 Å². The molecular formula is C24H20N2O2. The van der Waals surface area contributed by atoms with E-state index in [1.807, 2.05) is 96.5 Å². The Morgan fingerprint density at radius 2 is 1.43 bits per heavy atom. The molecule has 0 aliphatic heterocycles. The average Bonchev–Trinajstić information content (AvgIpc) is 3.05. The van der Waals surface area contributed by atoms with Crippen LogP contribution in [0.1, 0.15) is 15.9 Å². The van der Waals surface area contributed by atoms with Crippen molar-refractivity contribution in [3.8, 4) is 11.3 Å². The largest absolute Gasteiger partial charge is 0.345 e. The summed E-state index contributed by atoms with van der Waals surface area (Å²) in [7, 11) is 1.92. The van der Waals surface area contributed by atoms with E-state index in [4.69, 9.17) is 0 Å². The second kappa shape index (κ2) is 7.53. The Balaban J connectivity index is 1.75. The van der Waals surface area contributed by atoms with E-state index in [9.17, 15) is 9.59 Å². The maximum absolute atomic E-state index is 13.2. The highest BCUT2D eigenvalue weighted by Gasteiger charge is 2.26. The number of carbonyl (C=O) groups is 2. The Bertz CT molecular complexity index is 1150. The van der Waals surface area contributed by atoms with Gasteiger partial charge in [0.1, 0.15) is 0 Å². The lowest BCUT2D eigenvalue weighted by Crippen LogP contribution is -2.30. The molecule has 0 saturated carbocycles. The molecule has 0 aliphatic carbocycles. The second-order valence-corrected chi connectivity index (χ2v) is 6.66. The lowest BCUT2D eigenvalue weighted by atomic mass is 10.0. The van der Waals surface area contributed by atoms with Crippen LogP contribution in [0.5, 0.6) is 0 Å². The minimum atomic E-state index is -0.600. The first kappa shape index (κ1) is 17.7. The Morgan fingerprint density at radius 3 is 2.14 bits per heavy atom. The fraction of sp³-hybridized carbons (Fsp3) is 0.0833. The molecule has 28 heavy (non-hydrogen) atoms. The summed E-state index contributed by atoms with van der Waals surface area (Å²) in [5.74, 6) is -1.12. The van der Waals surface area contributed by atoms with Gasteiger partial charge < -0.3 is 9.88 Å². The van der Waals surface area contributed by atoms with Crippen molar-refractivity contribution in [3.63, 3.8) is 0 Å². The lowest BCUT2D eigenvalue weighted by molar-refractivity contribution is -0.117. The number of carbonyl (C=O) groups excluding carboxylic acids is 2. The van der Waals surface area contributed by atoms with Crippen molar-refractivity contribution < 1.29 is 9.59 Å². The zero-order valence-corrected chi connectivity index (χ0v) is 15.6. The number of aryl methyl sites for hydroxylation is 1. The third-order valence-electron chi connectivity index (χ3n) is 4.88. The monoisotopic (exact) mass is 368 g/mol. The lowest BCUT2D eigenvalue weighted by Gasteiger charge is -2.09. The Labute approximate surface area is 163 Å². The molecule has 0 bridgehead atoms. The van der Waals surface area contributed by atoms with E-state index in [0.29, 0.717) is 12.1 Å². The van der Waals surface area contributed by atoms with Gasteiger partial charge in [-0.3, -0.25) is 9.59 Å². The highest BCUT2D eigenvalue weighted by Crippen LogP contribution is 2.33. The minimum Gasteiger partial charge on any atom is -0.345 e. The minimum absolute atomic E-state index is 0.316. The number of amides is 1. The molecule has 0 fully saturated rings. The van der Waals surface area contributed by atoms with E-state index in [-0.39, 0.29) is 0 Å². The van der Waals surface area contributed by atoms with E-state index in [1.165, 1.54) is 0 Å². The molecule has 138 valence electrons. The van der Waals surface area contributed by atoms with Crippen molar-refractivity contribution >= 4 is 22.6 Å². The maximum Gasteiger partial charge on any atom is 0.292 e. The van der Waals surface area contributed by atoms with Crippen LogP contribution in [-0.2, 0) is 18.4 Å². The van der Waals surface area contributed by atoms with Crippen LogP contribution in [0, 0.1) is 0 Å². The van der Waals surface area contributed by atoms with Crippen LogP contribution in [0.2, 0.25) is 0 Å². The zero-order valence-electron chi connectivity index (χ0n) is 15.6. The molecule has 0 unspecified atom stereocenters. The number of rotatable bonds is 5. The topological polar surface area (TPSA) is 51.1 Å². The summed E-state index contributed by atoms with van der Waals surface area (Å²) in [5.41, 5.74) is 3.96. The molecule has 1 N–H and O–H groups in total. The Morgan fingerprint density at radius 1 is 0.821 bits per heavy atom. The number of ketones is 1. The van der Waals surface area contributed by atoms with Gasteiger partial charge in [0.05, 0.1) is 11.3 Å². The number of aromatic nitrogens is 1. The standard InChI is InChI=1S/C24H20N2O2/c1-26-20-15-9-8-14-19(20)21(22(26)18-12-6-3-7-13-18)23(27)24(28)25-16-17-10-4-2-5-11-17/h2-15H,16H2,1H3,(H,25,28). The summed E-state index contributed by atoms with van der Waals surface area (Å²) in [6.45, 7) is 0.316. The number of hydrogen-bond acceptors (Lipinski definition) is 2. The van der Waals surface area contributed by atoms with Crippen molar-refractivity contribution in [1.29, 1.82) is 0 Å². The second-order valence-electron chi connectivity index (χ2n) is 6.66. The molecule has 4 rings (SSSR count). The van der Waals surface area contributed by atoms with Crippen molar-refractivity contribution in [2.24, 2.45) is 7.05 Å². The summed E-state index contributed by atoms with van der Waals surface area (Å²) in [6, 6.07) is 26.9. The van der Waals surface area contributed by atoms with Crippen LogP contribution in [0.4, 0.5) is 0 Å². The molecule has 4 aromatic rings. The molecule has 4 nitrogen and oxygen atoms in total. The van der Waals surface area contributed by atoms with Crippen LogP contribution >= 0.6 is 0 Å². The number of fused-ring (bicyclic) bond motifs is 1. The van der Waals surface area contributed by atoms with Crippen LogP contribution in [0.25, 0.3) is 22.2 Å². The molecule has 1 aromatic heterocycles. The van der Waals surface area contributed by atoms with Gasteiger partial charge in [-0.1, -0.05) is 78.9 Å². The average molecular weight is 368 g/mol. The van der Waals surface area contributed by atoms with Crippen LogP contribution in [0.15, 0.2) is 84.9 Å². The van der Waals surface area contributed by atoms with Gasteiger partial charge in [0.25, 0.3) is 11.7 Å². The zero-order chi connectivity index (χ0) is 19.5. The van der Waals surface area contributed by atoms with E-state index >= 15 is 0 Å². The van der Waals surface area contributed by atoms with Crippen molar-refractivity contribution in [2.45, 2.75) is 6.54 Å². The summed E-state index contributed by atoms with van der Waals surface area (Å²) in [4.78, 5) is 25.8. The molecular weight excluding hydrogens is 348 g/mol. The first-order chi connectivity index (χ1) is 13.7. The van der Waals surface area contributed by atoms with Crippen molar-refractivity contribution in [1.82, 2.24) is 9.88 Å². The Hall–Kier alpha value is -3.66. The van der Waals surface area contributed by atoms with Gasteiger partial charge in [0, 0.05) is 24.5 Å². The number of para-hydroxylation sites is 1. The number of nitrogens with one attached hydrogen (secondary N) is 1. The van der Waals surface area contributed by atoms with E-state index in [0.717, 1.165) is 27.7 Å². The first-order valence-corrected chi connectivity index (χ1v) is 9.16. The fourth-order valence-corrected chi connectivity index (χ4v) is 3.53. The molecule has 0 atom stereocenters. The summed E-state index contributed by atoms with van der Waals surface area (Å²) in [6.07, 6.45) is 0. The van der Waals surface area contributed by atoms with Crippen LogP contribution in [-0.4, -0.2) is 16.3 Å². The van der Waals surface area contributed by atoms with Crippen LogP contribution in [0.3, 0.4) is 0 Å². The number of Topliss-reactive ketones (excluding diaryl/α,β-unsaturated/α-hetero) is 1. The molecule has 1 amide bonds. The van der Waals surface area contributed by atoms with Crippen molar-refractivity contribution in [2.75, 3.05) is 0 Å². The molecule has 1 heterocycles. The van der Waals surface area contributed by atoms with E-state index in [2.05, 4.69) is 5.32 Å². The summed E-state index contributed by atoms with van der Waals surface area (Å²) >= 11 is 0. The van der Waals surface area contributed by atoms with Gasteiger partial charge in [-0.15, -0.1) is 0 Å². The normalized spacial score (nSPS) is 10.8. The number of hydrogen-bond donors (Lipinski definition) is 1. The quantitative estimate of drug-likeness (QED) is 0.421. The Kier molecular flexibility index (Phi) is 4.77. The maximum atomic E-state index is 13.2. The third-order valence-corrected chi connectivity index (χ3v) is 4.88. The van der Waals surface area contributed by atoms with Gasteiger partial charge >= 0.3 is 0 Å². The number of nitrogens with zero attached hydrogens (tertiary/aromatic N) is 1. The van der Waals surface area contributed by atoms with Gasteiger partial charge in [-0.2, -0.15) is 0 Å². The molecule has 4 heteroatoms. The molecule has 3 aromatic carbocycles. The summed E-state index contributed by atoms with van der Waals surface area (Å²) in [5, 5.41) is 3.53. The predicted molar refractivity (Wildman–Crippen MR) is 111 cm³/mol. The van der Waals surface area contributed by atoms with Gasteiger partial charge in [0.15, 0.2) is 0 Å². The molecule has 0 saturated heterocycles. The number of benzene rings is 3. The highest BCUT2D eigenvalue weighted by atomic mass is 16.2. The third kappa shape index (κ3) is 3.21. The molecule has 0 radical (unpaired) electrons. The van der Waals surface area contributed by atoms with Crippen molar-refractivity contribution in [3.05, 3.63) is 96.1 Å². The van der Waals surface area contributed by atoms with E-state index < -0.39 is 11.7 Å². The highest BCUT2D eigenvalue weighted by molar-refractivity contribution is 6.46. The smallest absolute Gasteiger partial charge is 0.292 e. The van der Waals surface area contributed by atoms with E-state index in [1.54, 1.807) is 0 Å².